The molecule has 57 heavy (non-hydrogen) atoms. The smallest absolute Gasteiger partial charge is 0.359 e. The zero-order valence-electron chi connectivity index (χ0n) is 31.6. The van der Waals surface area contributed by atoms with Gasteiger partial charge in [-0.3, -0.25) is 29.0 Å². The maximum atomic E-state index is 13.1. The van der Waals surface area contributed by atoms with Crippen LogP contribution in [-0.2, 0) is 35.2 Å². The summed E-state index contributed by atoms with van der Waals surface area (Å²) in [6.07, 6.45) is 1.19. The predicted molar refractivity (Wildman–Crippen MR) is 204 cm³/mol. The summed E-state index contributed by atoms with van der Waals surface area (Å²) in [4.78, 5) is 94.6. The van der Waals surface area contributed by atoms with E-state index >= 15 is 0 Å². The third-order valence-electron chi connectivity index (χ3n) is 7.79. The van der Waals surface area contributed by atoms with Crippen molar-refractivity contribution in [2.24, 2.45) is 38.3 Å². The van der Waals surface area contributed by atoms with E-state index in [9.17, 15) is 43.8 Å². The molecule has 2 rings (SSSR count). The van der Waals surface area contributed by atoms with Gasteiger partial charge in [0, 0.05) is 25.7 Å². The van der Waals surface area contributed by atoms with Crippen LogP contribution >= 0.6 is 0 Å². The minimum Gasteiger partial charge on any atom is -0.494 e. The van der Waals surface area contributed by atoms with Crippen LogP contribution in [0, 0.1) is 5.92 Å². The standard InChI is InChI=1S/C35H50N12O10/c1-20(2)29(36)32(53)44-23(7-5-14-40-34(37)38)30(51)42-19-27(48)43-24(18-28(49)50)31(52)45-25(33(54)55)17-21-9-11-22(12-10-21)57-16-6-15-41-35(56)47-46-26-8-3-4-13-39-26/h3-4,8-13,20,23-25,29H,5-7,14-19,36H2,1-2H3,(H,41,56)(H,42,51)(H,43,48)(H,44,53)(H,45,52)(H,49,50)(H,54,55)(H4,37,38,40)/b47-46+/t23-,24+,25+,29+/m0/s1. The average Bonchev–Trinajstić information content (AvgIpc) is 3.16. The average molecular weight is 799 g/mol. The van der Waals surface area contributed by atoms with Crippen LogP contribution in [0.5, 0.6) is 5.75 Å². The van der Waals surface area contributed by atoms with Crippen LogP contribution in [0.15, 0.2) is 63.9 Å². The minimum atomic E-state index is -1.71. The molecule has 0 aliphatic heterocycles. The van der Waals surface area contributed by atoms with E-state index in [4.69, 9.17) is 21.9 Å². The number of carboxylic acid groups (broad SMARTS) is 2. The molecular formula is C35H50N12O10. The van der Waals surface area contributed by atoms with Gasteiger partial charge in [-0.2, -0.15) is 0 Å². The molecule has 1 aromatic heterocycles. The molecule has 0 fully saturated rings. The van der Waals surface area contributed by atoms with Gasteiger partial charge in [0.05, 0.1) is 25.6 Å². The Labute approximate surface area is 327 Å². The SMILES string of the molecule is CC(C)[C@@H](N)C(=O)N[C@@H](CCCN=C(N)N)C(=O)NCC(=O)N[C@H](CC(=O)O)C(=O)N[C@H](Cc1ccc(OCCCNC(=O)/N=N/c2ccccn2)cc1)C(=O)O. The summed E-state index contributed by atoms with van der Waals surface area (Å²) in [5.41, 5.74) is 17.0. The second-order valence-electron chi connectivity index (χ2n) is 12.8. The number of aliphatic imine (C=N–C) groups is 1. The molecule has 0 radical (unpaired) electrons. The topological polar surface area (TPSA) is 357 Å². The summed E-state index contributed by atoms with van der Waals surface area (Å²) in [6.45, 7) is 3.35. The molecule has 2 aromatic rings. The van der Waals surface area contributed by atoms with Gasteiger partial charge in [0.2, 0.25) is 23.6 Å². The lowest BCUT2D eigenvalue weighted by atomic mass is 10.0. The number of carbonyl (C=O) groups is 7. The van der Waals surface area contributed by atoms with Gasteiger partial charge in [-0.25, -0.2) is 14.6 Å². The third kappa shape index (κ3) is 18.9. The monoisotopic (exact) mass is 798 g/mol. The number of aromatic nitrogens is 1. The summed E-state index contributed by atoms with van der Waals surface area (Å²) < 4.78 is 5.65. The molecule has 0 saturated carbocycles. The van der Waals surface area contributed by atoms with Gasteiger partial charge in [0.25, 0.3) is 0 Å². The highest BCUT2D eigenvalue weighted by Crippen LogP contribution is 2.14. The zero-order chi connectivity index (χ0) is 42.3. The summed E-state index contributed by atoms with van der Waals surface area (Å²) >= 11 is 0. The zero-order valence-corrected chi connectivity index (χ0v) is 31.6. The Bertz CT molecular complexity index is 1720. The highest BCUT2D eigenvalue weighted by atomic mass is 16.5. The maximum absolute atomic E-state index is 13.1. The molecule has 0 saturated heterocycles. The molecular weight excluding hydrogens is 748 g/mol. The van der Waals surface area contributed by atoms with Gasteiger partial charge in [-0.15, -0.1) is 5.11 Å². The lowest BCUT2D eigenvalue weighted by Crippen LogP contribution is -2.56. The molecule has 310 valence electrons. The first-order valence-electron chi connectivity index (χ1n) is 17.8. The predicted octanol–water partition coefficient (Wildman–Crippen LogP) is -0.947. The van der Waals surface area contributed by atoms with E-state index in [-0.39, 0.29) is 50.8 Å². The second-order valence-corrected chi connectivity index (χ2v) is 12.8. The quantitative estimate of drug-likeness (QED) is 0.0265. The van der Waals surface area contributed by atoms with Crippen molar-refractivity contribution < 1.29 is 48.5 Å². The van der Waals surface area contributed by atoms with Crippen molar-refractivity contribution in [3.05, 3.63) is 54.2 Å². The van der Waals surface area contributed by atoms with Gasteiger partial charge in [0.1, 0.15) is 23.9 Å². The van der Waals surface area contributed by atoms with Crippen LogP contribution in [0.25, 0.3) is 0 Å². The molecule has 13 N–H and O–H groups in total. The maximum Gasteiger partial charge on any atom is 0.359 e. The van der Waals surface area contributed by atoms with Crippen LogP contribution < -0.4 is 48.5 Å². The lowest BCUT2D eigenvalue weighted by Gasteiger charge is -2.23. The summed E-state index contributed by atoms with van der Waals surface area (Å²) in [7, 11) is 0. The Hall–Kier alpha value is -6.71. The summed E-state index contributed by atoms with van der Waals surface area (Å²) in [5.74, 6) is -6.01. The molecule has 22 heteroatoms. The molecule has 0 unspecified atom stereocenters. The van der Waals surface area contributed by atoms with Crippen molar-refractivity contribution in [3.8, 4) is 5.75 Å². The third-order valence-corrected chi connectivity index (χ3v) is 7.79. The van der Waals surface area contributed by atoms with E-state index in [1.165, 1.54) is 6.20 Å². The molecule has 22 nitrogen and oxygen atoms in total. The van der Waals surface area contributed by atoms with E-state index < -0.39 is 78.7 Å². The van der Waals surface area contributed by atoms with Crippen molar-refractivity contribution in [1.29, 1.82) is 0 Å². The lowest BCUT2D eigenvalue weighted by molar-refractivity contribution is -0.143. The van der Waals surface area contributed by atoms with E-state index in [2.05, 4.69) is 46.8 Å². The molecule has 0 aliphatic rings. The first-order chi connectivity index (χ1) is 27.0. The number of urea groups is 1. The van der Waals surface area contributed by atoms with Gasteiger partial charge in [0.15, 0.2) is 11.8 Å². The number of guanidine groups is 1. The van der Waals surface area contributed by atoms with Crippen LogP contribution in [0.1, 0.15) is 45.1 Å². The number of amides is 6. The van der Waals surface area contributed by atoms with Crippen molar-refractivity contribution in [2.45, 2.75) is 70.1 Å². The Morgan fingerprint density at radius 1 is 0.842 bits per heavy atom. The Balaban J connectivity index is 1.92. The first kappa shape index (κ1) is 46.4. The number of carboxylic acids is 2. The van der Waals surface area contributed by atoms with Gasteiger partial charge in [-0.05, 0) is 55.0 Å². The molecule has 0 spiro atoms. The fourth-order valence-corrected chi connectivity index (χ4v) is 4.70. The van der Waals surface area contributed by atoms with E-state index in [0.29, 0.717) is 23.6 Å². The van der Waals surface area contributed by atoms with Gasteiger partial charge < -0.3 is 58.7 Å². The number of aliphatic carboxylic acids is 2. The van der Waals surface area contributed by atoms with E-state index in [1.807, 2.05) is 0 Å². The second kappa shape index (κ2) is 24.6. The number of benzene rings is 1. The Morgan fingerprint density at radius 2 is 1.54 bits per heavy atom. The first-order valence-corrected chi connectivity index (χ1v) is 17.8. The Morgan fingerprint density at radius 3 is 2.16 bits per heavy atom. The number of azo groups is 1. The highest BCUT2D eigenvalue weighted by Gasteiger charge is 2.30. The van der Waals surface area contributed by atoms with Crippen LogP contribution in [0.2, 0.25) is 0 Å². The van der Waals surface area contributed by atoms with Crippen molar-refractivity contribution in [1.82, 2.24) is 31.6 Å². The highest BCUT2D eigenvalue weighted by molar-refractivity contribution is 5.95. The fraction of sp³-hybridized carbons (Fsp3) is 0.457. The van der Waals surface area contributed by atoms with Crippen molar-refractivity contribution >= 4 is 53.4 Å². The van der Waals surface area contributed by atoms with Gasteiger partial charge >= 0.3 is 18.0 Å². The number of hydrogen-bond acceptors (Lipinski definition) is 12. The van der Waals surface area contributed by atoms with Crippen molar-refractivity contribution in [2.75, 3.05) is 26.2 Å². The molecule has 6 amide bonds. The molecule has 0 aliphatic carbocycles. The number of nitrogens with two attached hydrogens (primary N) is 3. The van der Waals surface area contributed by atoms with Crippen LogP contribution in [0.3, 0.4) is 0 Å². The van der Waals surface area contributed by atoms with Gasteiger partial charge in [-0.1, -0.05) is 37.2 Å². The molecule has 1 heterocycles. The normalized spacial score (nSPS) is 13.0. The number of nitrogens with zero attached hydrogens (tertiary/aromatic N) is 4. The molecule has 0 bridgehead atoms. The molecule has 1 aromatic carbocycles. The minimum absolute atomic E-state index is 0.0707. The molecule has 4 atom stereocenters. The number of nitrogens with one attached hydrogen (secondary N) is 5. The van der Waals surface area contributed by atoms with Crippen LogP contribution in [-0.4, -0.2) is 113 Å². The largest absolute Gasteiger partial charge is 0.494 e. The van der Waals surface area contributed by atoms with Crippen molar-refractivity contribution in [3.63, 3.8) is 0 Å². The van der Waals surface area contributed by atoms with Crippen LogP contribution in [0.4, 0.5) is 10.6 Å². The number of pyridine rings is 1. The fourth-order valence-electron chi connectivity index (χ4n) is 4.70. The summed E-state index contributed by atoms with van der Waals surface area (Å²) in [5, 5.41) is 38.3. The number of hydrogen-bond donors (Lipinski definition) is 10. The number of rotatable bonds is 24. The van der Waals surface area contributed by atoms with E-state index in [0.717, 1.165) is 0 Å². The van der Waals surface area contributed by atoms with E-state index in [1.54, 1.807) is 56.3 Å². The summed E-state index contributed by atoms with van der Waals surface area (Å²) in [6, 6.07) is 5.38. The number of ether oxygens (including phenoxy) is 1. The Kier molecular flexibility index (Phi) is 20.1. The number of carbonyl (C=O) groups excluding carboxylic acids is 5.